The van der Waals surface area contributed by atoms with Gasteiger partial charge in [-0.05, 0) is 38.5 Å². The lowest BCUT2D eigenvalue weighted by atomic mass is 10.1. The maximum absolute atomic E-state index is 12.9. The van der Waals surface area contributed by atoms with Crippen molar-refractivity contribution in [3.63, 3.8) is 0 Å². The molecular formula is C14H17ClFNO4. The Morgan fingerprint density at radius 3 is 2.33 bits per heavy atom. The maximum atomic E-state index is 12.9. The third kappa shape index (κ3) is 5.99. The number of benzene rings is 1. The van der Waals surface area contributed by atoms with Gasteiger partial charge in [-0.2, -0.15) is 0 Å². The van der Waals surface area contributed by atoms with Crippen LogP contribution in [0.15, 0.2) is 24.3 Å². The van der Waals surface area contributed by atoms with E-state index in [9.17, 15) is 14.0 Å². The van der Waals surface area contributed by atoms with Crippen molar-refractivity contribution in [2.45, 2.75) is 32.4 Å². The molecule has 0 unspecified atom stereocenters. The van der Waals surface area contributed by atoms with E-state index >= 15 is 0 Å². The van der Waals surface area contributed by atoms with Gasteiger partial charge in [0.2, 0.25) is 0 Å². The van der Waals surface area contributed by atoms with Crippen molar-refractivity contribution in [1.82, 2.24) is 5.32 Å². The average Bonchev–Trinajstić information content (AvgIpc) is 2.35. The molecule has 0 saturated heterocycles. The largest absolute Gasteiger partial charge is 0.448 e. The molecule has 1 aromatic rings. The lowest BCUT2D eigenvalue weighted by molar-refractivity contribution is -0.144. The third-order valence-electron chi connectivity index (χ3n) is 2.30. The Morgan fingerprint density at radius 2 is 1.86 bits per heavy atom. The monoisotopic (exact) mass is 317 g/mol. The highest BCUT2D eigenvalue weighted by atomic mass is 35.5. The van der Waals surface area contributed by atoms with E-state index in [4.69, 9.17) is 16.3 Å². The maximum Gasteiger partial charge on any atom is 0.408 e. The Kier molecular flexibility index (Phi) is 5.96. The molecule has 21 heavy (non-hydrogen) atoms. The fourth-order valence-electron chi connectivity index (χ4n) is 1.50. The number of ether oxygens (including phenoxy) is 2. The molecule has 5 nitrogen and oxygen atoms in total. The van der Waals surface area contributed by atoms with E-state index in [1.807, 2.05) is 0 Å². The van der Waals surface area contributed by atoms with Gasteiger partial charge in [0.25, 0.3) is 0 Å². The van der Waals surface area contributed by atoms with Crippen molar-refractivity contribution in [2.75, 3.05) is 6.07 Å². The molecular weight excluding hydrogens is 301 g/mol. The highest BCUT2D eigenvalue weighted by Gasteiger charge is 2.27. The zero-order chi connectivity index (χ0) is 16.0. The van der Waals surface area contributed by atoms with E-state index in [0.29, 0.717) is 5.56 Å². The summed E-state index contributed by atoms with van der Waals surface area (Å²) in [6, 6.07) is 3.60. The fraction of sp³-hybridized carbons (Fsp3) is 0.429. The second-order valence-corrected chi connectivity index (χ2v) is 5.42. The number of alkyl halides is 1. The molecule has 1 N–H and O–H groups in total. The van der Waals surface area contributed by atoms with Gasteiger partial charge in [0.05, 0.1) is 0 Å². The van der Waals surface area contributed by atoms with E-state index < -0.39 is 29.5 Å². The van der Waals surface area contributed by atoms with Gasteiger partial charge in [-0.1, -0.05) is 23.7 Å². The smallest absolute Gasteiger partial charge is 0.408 e. The van der Waals surface area contributed by atoms with Gasteiger partial charge < -0.3 is 14.8 Å². The van der Waals surface area contributed by atoms with Crippen LogP contribution in [-0.4, -0.2) is 23.7 Å². The molecule has 1 rings (SSSR count). The molecule has 1 atom stereocenters. The molecule has 7 heteroatoms. The molecule has 116 valence electrons. The van der Waals surface area contributed by atoms with Crippen molar-refractivity contribution in [3.8, 4) is 0 Å². The third-order valence-corrected chi connectivity index (χ3v) is 2.41. The fourth-order valence-corrected chi connectivity index (χ4v) is 1.60. The molecule has 0 aliphatic carbocycles. The van der Waals surface area contributed by atoms with Crippen LogP contribution in [-0.2, 0) is 14.3 Å². The summed E-state index contributed by atoms with van der Waals surface area (Å²) in [5, 5.41) is 2.38. The van der Waals surface area contributed by atoms with Gasteiger partial charge in [-0.15, -0.1) is 0 Å². The second kappa shape index (κ2) is 7.26. The van der Waals surface area contributed by atoms with E-state index in [2.05, 4.69) is 10.1 Å². The number of carbonyl (C=O) groups is 2. The molecule has 1 aromatic carbocycles. The van der Waals surface area contributed by atoms with Gasteiger partial charge in [-0.3, -0.25) is 0 Å². The topological polar surface area (TPSA) is 64.6 Å². The molecule has 0 aliphatic rings. The van der Waals surface area contributed by atoms with Crippen LogP contribution in [0, 0.1) is 5.82 Å². The van der Waals surface area contributed by atoms with Crippen LogP contribution >= 0.6 is 11.6 Å². The van der Waals surface area contributed by atoms with Crippen molar-refractivity contribution in [3.05, 3.63) is 35.6 Å². The summed E-state index contributed by atoms with van der Waals surface area (Å²) in [5.74, 6) is -1.22. The molecule has 1 amide bonds. The Hall–Kier alpha value is -1.82. The molecule has 0 fully saturated rings. The van der Waals surface area contributed by atoms with Crippen LogP contribution < -0.4 is 5.32 Å². The average molecular weight is 318 g/mol. The SMILES string of the molecule is CC(C)(C)OC(=O)N[C@H](C(=O)OCCl)c1ccc(F)cc1. The molecule has 0 heterocycles. The second-order valence-electron chi connectivity index (χ2n) is 5.20. The van der Waals surface area contributed by atoms with Crippen LogP contribution in [0.4, 0.5) is 9.18 Å². The molecule has 0 bridgehead atoms. The Morgan fingerprint density at radius 1 is 1.29 bits per heavy atom. The predicted octanol–water partition coefficient (Wildman–Crippen LogP) is 3.13. The van der Waals surface area contributed by atoms with Crippen molar-refractivity contribution < 1.29 is 23.5 Å². The van der Waals surface area contributed by atoms with Gasteiger partial charge >= 0.3 is 12.1 Å². The lowest BCUT2D eigenvalue weighted by Gasteiger charge is -2.23. The van der Waals surface area contributed by atoms with Crippen LogP contribution in [0.5, 0.6) is 0 Å². The van der Waals surface area contributed by atoms with Crippen molar-refractivity contribution >= 4 is 23.7 Å². The van der Waals surface area contributed by atoms with Crippen LogP contribution in [0.1, 0.15) is 32.4 Å². The number of hydrogen-bond donors (Lipinski definition) is 1. The quantitative estimate of drug-likeness (QED) is 0.684. The van der Waals surface area contributed by atoms with Gasteiger partial charge in [0, 0.05) is 0 Å². The van der Waals surface area contributed by atoms with Crippen LogP contribution in [0.25, 0.3) is 0 Å². The Labute approximate surface area is 127 Å². The summed E-state index contributed by atoms with van der Waals surface area (Å²) < 4.78 is 22.7. The first-order valence-corrected chi connectivity index (χ1v) is 6.74. The number of esters is 1. The first kappa shape index (κ1) is 17.2. The lowest BCUT2D eigenvalue weighted by Crippen LogP contribution is -2.38. The first-order chi connectivity index (χ1) is 9.73. The van der Waals surface area contributed by atoms with E-state index in [0.717, 1.165) is 0 Å². The number of hydrogen-bond acceptors (Lipinski definition) is 4. The van der Waals surface area contributed by atoms with Gasteiger partial charge in [0.1, 0.15) is 11.4 Å². The number of amides is 1. The molecule has 0 aliphatic heterocycles. The zero-order valence-corrected chi connectivity index (χ0v) is 12.7. The molecule has 0 aromatic heterocycles. The first-order valence-electron chi connectivity index (χ1n) is 6.20. The Balaban J connectivity index is 2.90. The summed E-state index contributed by atoms with van der Waals surface area (Å²) >= 11 is 5.35. The van der Waals surface area contributed by atoms with Crippen molar-refractivity contribution in [1.29, 1.82) is 0 Å². The van der Waals surface area contributed by atoms with Gasteiger partial charge in [-0.25, -0.2) is 14.0 Å². The van der Waals surface area contributed by atoms with Gasteiger partial charge in [0.15, 0.2) is 12.1 Å². The highest BCUT2D eigenvalue weighted by molar-refractivity contribution is 6.17. The molecule has 0 radical (unpaired) electrons. The summed E-state index contributed by atoms with van der Waals surface area (Å²) in [7, 11) is 0. The molecule has 0 spiro atoms. The number of nitrogens with one attached hydrogen (secondary N) is 1. The number of halogens is 2. The minimum atomic E-state index is -1.13. The summed E-state index contributed by atoms with van der Waals surface area (Å²) in [6.07, 6.45) is -0.789. The zero-order valence-electron chi connectivity index (χ0n) is 12.0. The number of alkyl carbamates (subject to hydrolysis) is 1. The van der Waals surface area contributed by atoms with Crippen molar-refractivity contribution in [2.24, 2.45) is 0 Å². The molecule has 0 saturated carbocycles. The minimum Gasteiger partial charge on any atom is -0.448 e. The normalized spacial score (nSPS) is 12.4. The summed E-state index contributed by atoms with van der Waals surface area (Å²) in [6.45, 7) is 5.07. The van der Waals surface area contributed by atoms with Crippen LogP contribution in [0.2, 0.25) is 0 Å². The predicted molar refractivity (Wildman–Crippen MR) is 75.3 cm³/mol. The number of carbonyl (C=O) groups excluding carboxylic acids is 2. The standard InChI is InChI=1S/C14H17ClFNO4/c1-14(2,3)21-13(19)17-11(12(18)20-8-15)9-4-6-10(16)7-5-9/h4-7,11H,8H2,1-3H3,(H,17,19)/t11-/m0/s1. The minimum absolute atomic E-state index is 0.355. The van der Waals surface area contributed by atoms with Crippen LogP contribution in [0.3, 0.4) is 0 Å². The highest BCUT2D eigenvalue weighted by Crippen LogP contribution is 2.17. The summed E-state index contributed by atoms with van der Waals surface area (Å²) in [4.78, 5) is 23.6. The summed E-state index contributed by atoms with van der Waals surface area (Å²) in [5.41, 5.74) is -0.356. The Bertz CT molecular complexity index is 499. The van der Waals surface area contributed by atoms with E-state index in [1.54, 1.807) is 20.8 Å². The van der Waals surface area contributed by atoms with E-state index in [-0.39, 0.29) is 6.07 Å². The number of rotatable bonds is 4. The van der Waals surface area contributed by atoms with E-state index in [1.165, 1.54) is 24.3 Å².